The Hall–Kier alpha value is -2.81. The zero-order valence-corrected chi connectivity index (χ0v) is 16.9. The molecule has 2 aromatic heterocycles. The fourth-order valence-electron chi connectivity index (χ4n) is 3.25. The highest BCUT2D eigenvalue weighted by atomic mass is 32.2. The van der Waals surface area contributed by atoms with E-state index >= 15 is 0 Å². The summed E-state index contributed by atoms with van der Waals surface area (Å²) in [5.74, 6) is 0.422. The first-order chi connectivity index (χ1) is 13.9. The van der Waals surface area contributed by atoms with Crippen LogP contribution >= 0.6 is 0 Å². The Balaban J connectivity index is 1.64. The zero-order chi connectivity index (χ0) is 20.4. The fourth-order valence-corrected chi connectivity index (χ4v) is 4.65. The lowest BCUT2D eigenvalue weighted by molar-refractivity contribution is 0.0730. The predicted octanol–water partition coefficient (Wildman–Crippen LogP) is 2.72. The second kappa shape index (κ2) is 7.90. The van der Waals surface area contributed by atoms with Crippen molar-refractivity contribution >= 4 is 15.8 Å². The van der Waals surface area contributed by atoms with Gasteiger partial charge in [-0.1, -0.05) is 18.2 Å². The smallest absolute Gasteiger partial charge is 0.243 e. The number of hydrogen-bond donors (Lipinski definition) is 1. The molecule has 1 aliphatic rings. The van der Waals surface area contributed by atoms with E-state index in [2.05, 4.69) is 9.97 Å². The standard InChI is InChI=1S/C21H22N4O3S/c1-15-2-3-17(13-23-15)20-12-18(14-24-21(20)22)16-4-6-19(7-5-16)29(26,27)25-8-10-28-11-9-25/h2-7,12-14H,8-11H2,1H3,(H2,22,24). The second-order valence-electron chi connectivity index (χ2n) is 6.89. The summed E-state index contributed by atoms with van der Waals surface area (Å²) in [6.45, 7) is 3.52. The van der Waals surface area contributed by atoms with Crippen molar-refractivity contribution in [1.82, 2.24) is 14.3 Å². The summed E-state index contributed by atoms with van der Waals surface area (Å²) in [5, 5.41) is 0. The van der Waals surface area contributed by atoms with Crippen LogP contribution in [0, 0.1) is 6.92 Å². The number of nitrogens with zero attached hydrogens (tertiary/aromatic N) is 3. The van der Waals surface area contributed by atoms with E-state index in [4.69, 9.17) is 10.5 Å². The number of sulfonamides is 1. The number of morpholine rings is 1. The number of aryl methyl sites for hydroxylation is 1. The topological polar surface area (TPSA) is 98.4 Å². The Morgan fingerprint density at radius 2 is 1.59 bits per heavy atom. The van der Waals surface area contributed by atoms with Crippen LogP contribution in [0.2, 0.25) is 0 Å². The predicted molar refractivity (Wildman–Crippen MR) is 112 cm³/mol. The van der Waals surface area contributed by atoms with E-state index in [0.29, 0.717) is 32.1 Å². The molecule has 0 atom stereocenters. The molecule has 1 aromatic carbocycles. The highest BCUT2D eigenvalue weighted by Gasteiger charge is 2.26. The molecule has 0 spiro atoms. The Bertz CT molecular complexity index is 1110. The average Bonchev–Trinajstić information content (AvgIpc) is 2.75. The van der Waals surface area contributed by atoms with Gasteiger partial charge in [-0.05, 0) is 36.8 Å². The van der Waals surface area contributed by atoms with Gasteiger partial charge in [0.1, 0.15) is 5.82 Å². The normalized spacial score (nSPS) is 15.3. The van der Waals surface area contributed by atoms with Crippen molar-refractivity contribution in [2.24, 2.45) is 0 Å². The van der Waals surface area contributed by atoms with Crippen molar-refractivity contribution in [2.45, 2.75) is 11.8 Å². The van der Waals surface area contributed by atoms with Crippen LogP contribution in [0.15, 0.2) is 59.8 Å². The van der Waals surface area contributed by atoms with Crippen LogP contribution < -0.4 is 5.73 Å². The van der Waals surface area contributed by atoms with E-state index < -0.39 is 10.0 Å². The summed E-state index contributed by atoms with van der Waals surface area (Å²) >= 11 is 0. The van der Waals surface area contributed by atoms with Crippen molar-refractivity contribution < 1.29 is 13.2 Å². The molecule has 1 saturated heterocycles. The quantitative estimate of drug-likeness (QED) is 0.710. The first-order valence-electron chi connectivity index (χ1n) is 9.32. The third-order valence-electron chi connectivity index (χ3n) is 4.94. The summed E-state index contributed by atoms with van der Waals surface area (Å²) in [4.78, 5) is 8.90. The fraction of sp³-hybridized carbons (Fsp3) is 0.238. The van der Waals surface area contributed by atoms with Gasteiger partial charge in [0.15, 0.2) is 0 Å². The Morgan fingerprint density at radius 3 is 2.24 bits per heavy atom. The van der Waals surface area contributed by atoms with Gasteiger partial charge in [0, 0.05) is 47.9 Å². The maximum Gasteiger partial charge on any atom is 0.243 e. The number of nitrogens with two attached hydrogens (primary N) is 1. The molecule has 150 valence electrons. The number of benzene rings is 1. The molecular formula is C21H22N4O3S. The third kappa shape index (κ3) is 4.00. The monoisotopic (exact) mass is 410 g/mol. The summed E-state index contributed by atoms with van der Waals surface area (Å²) in [7, 11) is -3.51. The summed E-state index contributed by atoms with van der Waals surface area (Å²) in [6.07, 6.45) is 3.45. The number of nitrogen functional groups attached to an aromatic ring is 1. The van der Waals surface area contributed by atoms with Gasteiger partial charge < -0.3 is 10.5 Å². The van der Waals surface area contributed by atoms with Crippen molar-refractivity contribution in [3.8, 4) is 22.3 Å². The van der Waals surface area contributed by atoms with E-state index in [1.165, 1.54) is 4.31 Å². The van der Waals surface area contributed by atoms with E-state index in [-0.39, 0.29) is 4.90 Å². The van der Waals surface area contributed by atoms with Gasteiger partial charge in [0.2, 0.25) is 10.0 Å². The molecule has 29 heavy (non-hydrogen) atoms. The Labute approximate surface area is 170 Å². The van der Waals surface area contributed by atoms with Crippen LogP contribution in [0.4, 0.5) is 5.82 Å². The summed E-state index contributed by atoms with van der Waals surface area (Å²) < 4.78 is 32.3. The number of aromatic nitrogens is 2. The number of pyridine rings is 2. The molecule has 3 heterocycles. The summed E-state index contributed by atoms with van der Waals surface area (Å²) in [6, 6.07) is 12.7. The molecule has 7 nitrogen and oxygen atoms in total. The minimum absolute atomic E-state index is 0.273. The van der Waals surface area contributed by atoms with Gasteiger partial charge >= 0.3 is 0 Å². The van der Waals surface area contributed by atoms with Gasteiger partial charge in [-0.3, -0.25) is 4.98 Å². The van der Waals surface area contributed by atoms with Gasteiger partial charge in [0.05, 0.1) is 18.1 Å². The first kappa shape index (κ1) is 19.5. The van der Waals surface area contributed by atoms with Crippen LogP contribution in [0.1, 0.15) is 5.69 Å². The second-order valence-corrected chi connectivity index (χ2v) is 8.82. The molecule has 2 N–H and O–H groups in total. The zero-order valence-electron chi connectivity index (χ0n) is 16.1. The first-order valence-corrected chi connectivity index (χ1v) is 10.8. The Kier molecular flexibility index (Phi) is 5.31. The molecular weight excluding hydrogens is 388 g/mol. The molecule has 1 fully saturated rings. The van der Waals surface area contributed by atoms with E-state index in [0.717, 1.165) is 27.9 Å². The lowest BCUT2D eigenvalue weighted by Crippen LogP contribution is -2.40. The van der Waals surface area contributed by atoms with Crippen LogP contribution in [0.3, 0.4) is 0 Å². The molecule has 0 aliphatic carbocycles. The Morgan fingerprint density at radius 1 is 0.931 bits per heavy atom. The van der Waals surface area contributed by atoms with Gasteiger partial charge in [-0.2, -0.15) is 4.31 Å². The maximum absolute atomic E-state index is 12.8. The molecule has 0 bridgehead atoms. The molecule has 0 saturated carbocycles. The van der Waals surface area contributed by atoms with Gasteiger partial charge in [-0.15, -0.1) is 0 Å². The van der Waals surface area contributed by atoms with E-state index in [1.807, 2.05) is 25.1 Å². The third-order valence-corrected chi connectivity index (χ3v) is 6.85. The van der Waals surface area contributed by atoms with Crippen LogP contribution in [-0.4, -0.2) is 49.0 Å². The van der Waals surface area contributed by atoms with Crippen molar-refractivity contribution in [2.75, 3.05) is 32.0 Å². The number of rotatable bonds is 4. The molecule has 0 amide bonds. The van der Waals surface area contributed by atoms with Crippen molar-refractivity contribution in [3.05, 3.63) is 60.6 Å². The van der Waals surface area contributed by atoms with Crippen LogP contribution in [0.25, 0.3) is 22.3 Å². The molecule has 4 rings (SSSR count). The number of ether oxygens (including phenoxy) is 1. The molecule has 8 heteroatoms. The van der Waals surface area contributed by atoms with Crippen molar-refractivity contribution in [1.29, 1.82) is 0 Å². The van der Waals surface area contributed by atoms with Crippen molar-refractivity contribution in [3.63, 3.8) is 0 Å². The van der Waals surface area contributed by atoms with E-state index in [1.54, 1.807) is 36.7 Å². The molecule has 0 unspecified atom stereocenters. The SMILES string of the molecule is Cc1ccc(-c2cc(-c3ccc(S(=O)(=O)N4CCOCC4)cc3)cnc2N)cn1. The minimum atomic E-state index is -3.51. The lowest BCUT2D eigenvalue weighted by atomic mass is 10.0. The average molecular weight is 410 g/mol. The maximum atomic E-state index is 12.8. The largest absolute Gasteiger partial charge is 0.383 e. The van der Waals surface area contributed by atoms with Gasteiger partial charge in [0.25, 0.3) is 0 Å². The summed E-state index contributed by atoms with van der Waals surface area (Å²) in [5.41, 5.74) is 10.4. The number of hydrogen-bond acceptors (Lipinski definition) is 6. The molecule has 1 aliphatic heterocycles. The van der Waals surface area contributed by atoms with Crippen LogP contribution in [-0.2, 0) is 14.8 Å². The van der Waals surface area contributed by atoms with E-state index in [9.17, 15) is 8.42 Å². The van der Waals surface area contributed by atoms with Crippen LogP contribution in [0.5, 0.6) is 0 Å². The molecule has 0 radical (unpaired) electrons. The lowest BCUT2D eigenvalue weighted by Gasteiger charge is -2.26. The molecule has 3 aromatic rings. The number of anilines is 1. The highest BCUT2D eigenvalue weighted by molar-refractivity contribution is 7.89. The van der Waals surface area contributed by atoms with Gasteiger partial charge in [-0.25, -0.2) is 13.4 Å². The minimum Gasteiger partial charge on any atom is -0.383 e. The highest BCUT2D eigenvalue weighted by Crippen LogP contribution is 2.30.